The average molecular weight is 403 g/mol. The fraction of sp³-hybridized carbons (Fsp3) is 0.333. The van der Waals surface area contributed by atoms with Crippen LogP contribution in [0, 0.1) is 6.92 Å². The predicted molar refractivity (Wildman–Crippen MR) is 117 cm³/mol. The highest BCUT2D eigenvalue weighted by Crippen LogP contribution is 2.35. The number of pyridine rings is 1. The van der Waals surface area contributed by atoms with Crippen LogP contribution in [-0.4, -0.2) is 28.5 Å². The van der Waals surface area contributed by atoms with Gasteiger partial charge in [0.1, 0.15) is 5.39 Å². The van der Waals surface area contributed by atoms with Gasteiger partial charge in [0.05, 0.1) is 12.3 Å². The van der Waals surface area contributed by atoms with E-state index in [1.165, 1.54) is 16.5 Å². The third-order valence-electron chi connectivity index (χ3n) is 5.93. The van der Waals surface area contributed by atoms with E-state index in [0.717, 1.165) is 42.8 Å². The number of fused-ring (bicyclic) bond motifs is 2. The van der Waals surface area contributed by atoms with Gasteiger partial charge < -0.3 is 19.7 Å². The van der Waals surface area contributed by atoms with E-state index >= 15 is 0 Å². The van der Waals surface area contributed by atoms with Crippen LogP contribution in [-0.2, 0) is 4.74 Å². The molecular weight excluding hydrogens is 378 g/mol. The number of aromatic nitrogens is 2. The van der Waals surface area contributed by atoms with Gasteiger partial charge in [0.15, 0.2) is 5.58 Å². The highest BCUT2D eigenvalue weighted by Gasteiger charge is 2.20. The normalized spacial score (nSPS) is 18.0. The fourth-order valence-corrected chi connectivity index (χ4v) is 4.42. The van der Waals surface area contributed by atoms with Crippen LogP contribution in [0.2, 0.25) is 0 Å². The lowest BCUT2D eigenvalue weighted by Gasteiger charge is -2.23. The number of nitrogens with zero attached hydrogens (tertiary/aromatic N) is 2. The van der Waals surface area contributed by atoms with Gasteiger partial charge in [0.2, 0.25) is 0 Å². The molecule has 4 aromatic rings. The van der Waals surface area contributed by atoms with Gasteiger partial charge in [0.25, 0.3) is 5.88 Å². The Morgan fingerprint density at radius 1 is 1.23 bits per heavy atom. The maximum Gasteiger partial charge on any atom is 0.261 e. The molecule has 1 aliphatic heterocycles. The Bertz CT molecular complexity index is 1210. The first-order chi connectivity index (χ1) is 14.6. The number of anilines is 1. The van der Waals surface area contributed by atoms with E-state index in [2.05, 4.69) is 42.5 Å². The Hall–Kier alpha value is -3.12. The monoisotopic (exact) mass is 403 g/mol. The molecule has 2 aromatic carbocycles. The molecule has 1 fully saturated rings. The first-order valence-electron chi connectivity index (χ1n) is 10.4. The van der Waals surface area contributed by atoms with Crippen molar-refractivity contribution in [3.05, 3.63) is 59.4 Å². The van der Waals surface area contributed by atoms with Gasteiger partial charge in [-0.1, -0.05) is 17.7 Å². The molecule has 30 heavy (non-hydrogen) atoms. The van der Waals surface area contributed by atoms with Crippen LogP contribution in [0.4, 0.5) is 5.69 Å². The number of ether oxygens (including phenoxy) is 1. The van der Waals surface area contributed by atoms with E-state index in [9.17, 15) is 5.11 Å². The molecule has 2 aromatic heterocycles. The van der Waals surface area contributed by atoms with Gasteiger partial charge >= 0.3 is 0 Å². The van der Waals surface area contributed by atoms with Crippen molar-refractivity contribution in [3.8, 4) is 5.88 Å². The zero-order valence-electron chi connectivity index (χ0n) is 17.2. The molecule has 0 radical (unpaired) electrons. The van der Waals surface area contributed by atoms with E-state index < -0.39 is 0 Å². The highest BCUT2D eigenvalue weighted by atomic mass is 16.5. The minimum atomic E-state index is -0.0989. The van der Waals surface area contributed by atoms with Crippen LogP contribution in [0.1, 0.15) is 48.5 Å². The summed E-state index contributed by atoms with van der Waals surface area (Å²) in [6.45, 7) is 5.81. The average Bonchev–Trinajstić information content (AvgIpc) is 3.15. The minimum Gasteiger partial charge on any atom is -0.491 e. The molecule has 2 atom stereocenters. The smallest absolute Gasteiger partial charge is 0.261 e. The molecular formula is C24H25N3O3. The van der Waals surface area contributed by atoms with Crippen molar-refractivity contribution in [1.82, 2.24) is 10.1 Å². The lowest BCUT2D eigenvalue weighted by molar-refractivity contribution is 0.0793. The molecule has 0 aliphatic carbocycles. The summed E-state index contributed by atoms with van der Waals surface area (Å²) in [6, 6.07) is 12.2. The van der Waals surface area contributed by atoms with Crippen molar-refractivity contribution < 1.29 is 14.4 Å². The van der Waals surface area contributed by atoms with E-state index in [0.29, 0.717) is 16.9 Å². The second-order valence-corrected chi connectivity index (χ2v) is 8.15. The summed E-state index contributed by atoms with van der Waals surface area (Å²) in [5, 5.41) is 20.3. The summed E-state index contributed by atoms with van der Waals surface area (Å²) in [5.41, 5.74) is 4.83. The third-order valence-corrected chi connectivity index (χ3v) is 5.93. The lowest BCUT2D eigenvalue weighted by atomic mass is 9.93. The summed E-state index contributed by atoms with van der Waals surface area (Å²) in [7, 11) is 0. The summed E-state index contributed by atoms with van der Waals surface area (Å²) < 4.78 is 10.9. The van der Waals surface area contributed by atoms with Crippen molar-refractivity contribution in [2.75, 3.05) is 18.5 Å². The maximum atomic E-state index is 10.1. The molecule has 3 heterocycles. The SMILES string of the molecule is Cc1cc([C@@H](C)Nc2cccc3onc(O)c23)c2cc(C3CCCOC3)ncc2c1. The van der Waals surface area contributed by atoms with Crippen molar-refractivity contribution in [2.45, 2.75) is 38.6 Å². The van der Waals surface area contributed by atoms with Crippen LogP contribution < -0.4 is 5.32 Å². The number of aromatic hydroxyl groups is 1. The Morgan fingerprint density at radius 3 is 2.97 bits per heavy atom. The van der Waals surface area contributed by atoms with Crippen LogP contribution in [0.5, 0.6) is 5.88 Å². The molecule has 1 unspecified atom stereocenters. The summed E-state index contributed by atoms with van der Waals surface area (Å²) in [4.78, 5) is 4.75. The number of rotatable bonds is 4. The number of hydrogen-bond donors (Lipinski definition) is 2. The lowest BCUT2D eigenvalue weighted by Crippen LogP contribution is -2.16. The van der Waals surface area contributed by atoms with Crippen molar-refractivity contribution in [1.29, 1.82) is 0 Å². The third kappa shape index (κ3) is 3.37. The zero-order chi connectivity index (χ0) is 20.7. The molecule has 6 heteroatoms. The summed E-state index contributed by atoms with van der Waals surface area (Å²) in [5.74, 6) is 0.251. The molecule has 0 spiro atoms. The van der Waals surface area contributed by atoms with Crippen LogP contribution in [0.3, 0.4) is 0 Å². The number of nitrogens with one attached hydrogen (secondary N) is 1. The van der Waals surface area contributed by atoms with Crippen LogP contribution in [0.15, 0.2) is 47.1 Å². The second-order valence-electron chi connectivity index (χ2n) is 8.15. The molecule has 1 saturated heterocycles. The van der Waals surface area contributed by atoms with Crippen LogP contribution >= 0.6 is 0 Å². The first kappa shape index (κ1) is 18.9. The Balaban J connectivity index is 1.55. The Kier molecular flexibility index (Phi) is 4.79. The van der Waals surface area contributed by atoms with Gasteiger partial charge in [0, 0.05) is 35.8 Å². The maximum absolute atomic E-state index is 10.1. The number of aryl methyl sites for hydroxylation is 1. The molecule has 6 nitrogen and oxygen atoms in total. The first-order valence-corrected chi connectivity index (χ1v) is 10.4. The van der Waals surface area contributed by atoms with E-state index in [1.807, 2.05) is 18.3 Å². The summed E-state index contributed by atoms with van der Waals surface area (Å²) in [6.07, 6.45) is 4.17. The van der Waals surface area contributed by atoms with Gasteiger partial charge in [-0.25, -0.2) is 0 Å². The van der Waals surface area contributed by atoms with Crippen LogP contribution in [0.25, 0.3) is 21.7 Å². The van der Waals surface area contributed by atoms with E-state index in [-0.39, 0.29) is 11.9 Å². The van der Waals surface area contributed by atoms with Gasteiger partial charge in [-0.3, -0.25) is 4.98 Å². The van der Waals surface area contributed by atoms with Gasteiger partial charge in [-0.15, -0.1) is 0 Å². The second kappa shape index (κ2) is 7.61. The largest absolute Gasteiger partial charge is 0.491 e. The molecule has 1 aliphatic rings. The van der Waals surface area contributed by atoms with Crippen molar-refractivity contribution in [3.63, 3.8) is 0 Å². The Morgan fingerprint density at radius 2 is 2.13 bits per heavy atom. The zero-order valence-corrected chi connectivity index (χ0v) is 17.2. The molecule has 0 amide bonds. The van der Waals surface area contributed by atoms with Crippen molar-refractivity contribution in [2.24, 2.45) is 0 Å². The molecule has 2 N–H and O–H groups in total. The van der Waals surface area contributed by atoms with E-state index in [1.54, 1.807) is 6.07 Å². The molecule has 5 rings (SSSR count). The standard InChI is InChI=1S/C24H25N3O3/c1-14-9-17-12-25-21(16-5-4-8-29-13-16)11-19(17)18(10-14)15(2)26-20-6-3-7-22-23(20)24(28)27-30-22/h3,6-7,9-12,15-16,26H,4-5,8,13H2,1-2H3,(H,27,28)/t15-,16?/m1/s1. The highest BCUT2D eigenvalue weighted by molar-refractivity contribution is 5.95. The molecule has 154 valence electrons. The van der Waals surface area contributed by atoms with Crippen molar-refractivity contribution >= 4 is 27.4 Å². The van der Waals surface area contributed by atoms with E-state index in [4.69, 9.17) is 14.2 Å². The molecule has 0 bridgehead atoms. The summed E-state index contributed by atoms with van der Waals surface area (Å²) >= 11 is 0. The fourth-order valence-electron chi connectivity index (χ4n) is 4.42. The quantitative estimate of drug-likeness (QED) is 0.471. The number of hydrogen-bond acceptors (Lipinski definition) is 6. The predicted octanol–water partition coefficient (Wildman–Crippen LogP) is 5.46. The minimum absolute atomic E-state index is 0.00477. The van der Waals surface area contributed by atoms with Gasteiger partial charge in [-0.05, 0) is 67.1 Å². The molecule has 0 saturated carbocycles. The number of benzene rings is 2. The topological polar surface area (TPSA) is 80.4 Å². The van der Waals surface area contributed by atoms with Gasteiger partial charge in [-0.2, -0.15) is 0 Å². The Labute approximate surface area is 174 Å².